The zero-order valence-corrected chi connectivity index (χ0v) is 9.06. The van der Waals surface area contributed by atoms with Crippen molar-refractivity contribution in [3.05, 3.63) is 0 Å². The molecular weight excluding hydrogens is 351 g/mol. The summed E-state index contributed by atoms with van der Waals surface area (Å²) in [5.41, 5.74) is 0. The van der Waals surface area contributed by atoms with Crippen LogP contribution in [0.3, 0.4) is 0 Å². The van der Waals surface area contributed by atoms with E-state index in [9.17, 15) is 0 Å². The minimum atomic E-state index is 0. The van der Waals surface area contributed by atoms with Gasteiger partial charge in [-0.3, -0.25) is 0 Å². The predicted octanol–water partition coefficient (Wildman–Crippen LogP) is -0.328. The molecule has 0 bridgehead atoms. The molecule has 4 radical (unpaired) electrons. The predicted molar refractivity (Wildman–Crippen MR) is 16.9 cm³/mol. The van der Waals surface area contributed by atoms with Crippen LogP contribution >= 0.6 is 9.90 Å². The smallest absolute Gasteiger partial charge is 0 e. The molecule has 4 heteroatoms. The molecule has 0 spiro atoms. The van der Waals surface area contributed by atoms with Crippen LogP contribution in [0.4, 0.5) is 0 Å². The van der Waals surface area contributed by atoms with Crippen molar-refractivity contribution in [3.63, 3.8) is 0 Å². The van der Waals surface area contributed by atoms with Crippen molar-refractivity contribution in [1.29, 1.82) is 0 Å². The second-order valence-electron chi connectivity index (χ2n) is 0. The quantitative estimate of drug-likeness (QED) is 0.413. The molecule has 0 aliphatic heterocycles. The maximum absolute atomic E-state index is 0. The molecule has 0 fully saturated rings. The summed E-state index contributed by atoms with van der Waals surface area (Å²) in [6, 6.07) is 0. The topological polar surface area (TPSA) is 0 Å². The van der Waals surface area contributed by atoms with Crippen LogP contribution < -0.4 is 0 Å². The molecule has 0 aliphatic carbocycles. The second-order valence-corrected chi connectivity index (χ2v) is 0. The third kappa shape index (κ3) is 8.84. The van der Waals surface area contributed by atoms with Crippen LogP contribution in [0.25, 0.3) is 0 Å². The Morgan fingerprint density at radius 3 is 1.00 bits per heavy atom. The molecule has 0 saturated heterocycles. The van der Waals surface area contributed by atoms with Gasteiger partial charge in [-0.05, 0) is 0 Å². The van der Waals surface area contributed by atoms with Gasteiger partial charge in [-0.2, -0.15) is 9.90 Å². The summed E-state index contributed by atoms with van der Waals surface area (Å²) >= 11 is 0. The third-order valence-corrected chi connectivity index (χ3v) is 0. The summed E-state index contributed by atoms with van der Waals surface area (Å²) < 4.78 is 0. The molecule has 0 nitrogen and oxygen atoms in total. The van der Waals surface area contributed by atoms with Crippen LogP contribution in [-0.2, 0) is 34.1 Å². The van der Waals surface area contributed by atoms with Gasteiger partial charge in [-0.1, -0.05) is 0 Å². The van der Waals surface area contributed by atoms with Crippen LogP contribution in [0.1, 0.15) is 0 Å². The largest absolute Gasteiger partial charge is 0.153 e. The van der Waals surface area contributed by atoms with Crippen LogP contribution in [0.5, 0.6) is 0 Å². The van der Waals surface area contributed by atoms with Gasteiger partial charge in [-0.15, -0.1) is 0 Å². The summed E-state index contributed by atoms with van der Waals surface area (Å²) in [6.45, 7) is 0. The van der Waals surface area contributed by atoms with Gasteiger partial charge >= 0.3 is 0 Å². The molecule has 28 valence electrons. The average Bonchev–Trinajstić information content (AvgIpc) is 0. The van der Waals surface area contributed by atoms with Crippen molar-refractivity contribution >= 4 is 36.1 Å². The van der Waals surface area contributed by atoms with Crippen molar-refractivity contribution < 1.29 is 34.1 Å². The second kappa shape index (κ2) is 18.3. The summed E-state index contributed by atoms with van der Waals surface area (Å²) in [7, 11) is 0. The van der Waals surface area contributed by atoms with E-state index in [1.54, 1.807) is 0 Å². The first-order valence-corrected chi connectivity index (χ1v) is 0. The Kier molecular flexibility index (Phi) is 151. The first-order chi connectivity index (χ1) is 0. The first-order valence-electron chi connectivity index (χ1n) is 0. The summed E-state index contributed by atoms with van der Waals surface area (Å²) in [4.78, 5) is 0. The van der Waals surface area contributed by atoms with Crippen molar-refractivity contribution in [2.45, 2.75) is 0 Å². The van der Waals surface area contributed by atoms with Gasteiger partial charge in [0.05, 0.1) is 0 Å². The molecule has 1 atom stereocenters. The monoisotopic (exact) mass is 354 g/mol. The maximum Gasteiger partial charge on any atom is 0 e. The fourth-order valence-electron chi connectivity index (χ4n) is 0. The zero-order chi connectivity index (χ0) is 0. The van der Waals surface area contributed by atoms with E-state index in [-0.39, 0.29) is 70.2 Å². The number of hydrogen-bond acceptors (Lipinski definition) is 0. The van der Waals surface area contributed by atoms with E-state index >= 15 is 0 Å². The van der Waals surface area contributed by atoms with Gasteiger partial charge in [0.2, 0.25) is 0 Å². The Morgan fingerprint density at radius 1 is 1.00 bits per heavy atom. The Labute approximate surface area is 69.6 Å². The van der Waals surface area contributed by atoms with Crippen molar-refractivity contribution in [2.24, 2.45) is 0 Å². The van der Waals surface area contributed by atoms with Gasteiger partial charge < -0.3 is 0 Å². The molecule has 0 heterocycles. The molecule has 0 amide bonds. The van der Waals surface area contributed by atoms with E-state index in [1.807, 2.05) is 0 Å². The molecule has 0 saturated carbocycles. The van der Waals surface area contributed by atoms with Gasteiger partial charge in [0.25, 0.3) is 0 Å². The number of rotatable bonds is 0. The molecular formula is H3BiFeMnP. The van der Waals surface area contributed by atoms with E-state index in [0.29, 0.717) is 0 Å². The molecule has 0 aliphatic rings. The minimum absolute atomic E-state index is 0. The maximum atomic E-state index is 0. The third-order valence-electron chi connectivity index (χ3n) is 0. The molecule has 0 N–H and O–H groups in total. The van der Waals surface area contributed by atoms with Crippen molar-refractivity contribution in [3.8, 4) is 0 Å². The molecule has 0 rings (SSSR count). The zero-order valence-electron chi connectivity index (χ0n) is 1.89. The van der Waals surface area contributed by atoms with Crippen molar-refractivity contribution in [2.75, 3.05) is 0 Å². The average molecular weight is 354 g/mol. The van der Waals surface area contributed by atoms with Crippen LogP contribution in [0.15, 0.2) is 0 Å². The molecule has 0 aromatic heterocycles. The van der Waals surface area contributed by atoms with E-state index in [4.69, 9.17) is 0 Å². The fourth-order valence-corrected chi connectivity index (χ4v) is 0. The van der Waals surface area contributed by atoms with E-state index in [1.165, 1.54) is 0 Å². The summed E-state index contributed by atoms with van der Waals surface area (Å²) in [6.07, 6.45) is 0. The standard InChI is InChI=1S/Bi.Fe.Mn.H3P/h;;;1H3. The Balaban J connectivity index is 0. The van der Waals surface area contributed by atoms with E-state index in [0.717, 1.165) is 0 Å². The van der Waals surface area contributed by atoms with Crippen LogP contribution in [-0.4, -0.2) is 26.2 Å². The molecule has 0 aromatic rings. The van der Waals surface area contributed by atoms with E-state index in [2.05, 4.69) is 0 Å². The van der Waals surface area contributed by atoms with E-state index < -0.39 is 0 Å². The Morgan fingerprint density at radius 2 is 1.00 bits per heavy atom. The fraction of sp³-hybridized carbons (Fsp3) is 0. The number of hydrogen-bond donors (Lipinski definition) is 0. The van der Waals surface area contributed by atoms with Crippen LogP contribution in [0.2, 0.25) is 0 Å². The molecule has 1 unspecified atom stereocenters. The first kappa shape index (κ1) is 32.9. The summed E-state index contributed by atoms with van der Waals surface area (Å²) in [5, 5.41) is 0. The van der Waals surface area contributed by atoms with Gasteiger partial charge in [-0.25, -0.2) is 0 Å². The normalized spacial score (nSPS) is 0. The van der Waals surface area contributed by atoms with Gasteiger partial charge in [0.1, 0.15) is 0 Å². The molecule has 4 heavy (non-hydrogen) atoms. The van der Waals surface area contributed by atoms with Crippen molar-refractivity contribution in [1.82, 2.24) is 0 Å². The minimum Gasteiger partial charge on any atom is -0.153 e. The van der Waals surface area contributed by atoms with Gasteiger partial charge in [0.15, 0.2) is 0 Å². The van der Waals surface area contributed by atoms with Gasteiger partial charge in [0, 0.05) is 60.3 Å². The van der Waals surface area contributed by atoms with Crippen LogP contribution in [0, 0.1) is 0 Å². The summed E-state index contributed by atoms with van der Waals surface area (Å²) in [5.74, 6) is 0. The Hall–Kier alpha value is 2.35. The SMILES string of the molecule is P.[Bi].[Fe].[Mn]. The Bertz CT molecular complexity index is 8.00. The molecule has 0 aromatic carbocycles.